The Kier molecular flexibility index (Phi) is 3.97. The van der Waals surface area contributed by atoms with Crippen LogP contribution in [0.5, 0.6) is 0 Å². The second kappa shape index (κ2) is 5.70. The van der Waals surface area contributed by atoms with E-state index in [1.54, 1.807) is 24.3 Å². The summed E-state index contributed by atoms with van der Waals surface area (Å²) in [6.07, 6.45) is 0. The fourth-order valence-electron chi connectivity index (χ4n) is 1.74. The van der Waals surface area contributed by atoms with Gasteiger partial charge in [0.2, 0.25) is 5.76 Å². The van der Waals surface area contributed by atoms with Crippen LogP contribution in [-0.4, -0.2) is 11.0 Å². The number of benzene rings is 1. The molecule has 1 amide bonds. The molecule has 6 nitrogen and oxygen atoms in total. The molecule has 0 saturated heterocycles. The molecule has 1 aromatic heterocycles. The lowest BCUT2D eigenvalue weighted by Gasteiger charge is -2.03. The van der Waals surface area contributed by atoms with Crippen molar-refractivity contribution in [2.45, 2.75) is 6.92 Å². The van der Waals surface area contributed by atoms with Crippen LogP contribution in [-0.2, 0) is 4.79 Å². The Morgan fingerprint density at radius 2 is 2.14 bits per heavy atom. The Morgan fingerprint density at radius 3 is 2.71 bits per heavy atom. The van der Waals surface area contributed by atoms with Crippen LogP contribution in [0.1, 0.15) is 12.7 Å². The average molecular weight is 346 g/mol. The van der Waals surface area contributed by atoms with E-state index < -0.39 is 17.2 Å². The number of carbonyl (C=O) groups is 1. The number of anilines is 1. The molecular weight excluding hydrogens is 338 g/mol. The molecule has 21 heavy (non-hydrogen) atoms. The van der Waals surface area contributed by atoms with Crippen LogP contribution in [0.25, 0.3) is 11.0 Å². The van der Waals surface area contributed by atoms with Gasteiger partial charge in [-0.2, -0.15) is 10.5 Å². The third-order valence-electron chi connectivity index (χ3n) is 2.69. The summed E-state index contributed by atoms with van der Waals surface area (Å²) in [5.74, 6) is -1.29. The zero-order valence-corrected chi connectivity index (χ0v) is 12.4. The zero-order chi connectivity index (χ0) is 15.6. The van der Waals surface area contributed by atoms with E-state index in [9.17, 15) is 9.90 Å². The van der Waals surface area contributed by atoms with Crippen molar-refractivity contribution in [2.75, 3.05) is 5.32 Å². The number of carbonyl (C=O) groups excluding carboxylic acids is 1. The molecule has 0 aliphatic carbocycles. The van der Waals surface area contributed by atoms with Crippen molar-refractivity contribution in [1.29, 1.82) is 10.5 Å². The number of hydrogen-bond donors (Lipinski definition) is 2. The minimum absolute atomic E-state index is 0.0793. The predicted octanol–water partition coefficient (Wildman–Crippen LogP) is 3.36. The first-order valence-electron chi connectivity index (χ1n) is 5.71. The minimum Gasteiger partial charge on any atom is -0.511 e. The topological polar surface area (TPSA) is 110 Å². The number of halogens is 1. The highest BCUT2D eigenvalue weighted by molar-refractivity contribution is 9.10. The number of aliphatic hydroxyl groups is 1. The number of amides is 1. The van der Waals surface area contributed by atoms with E-state index in [0.717, 1.165) is 4.47 Å². The molecule has 7 heteroatoms. The highest BCUT2D eigenvalue weighted by Gasteiger charge is 2.20. The van der Waals surface area contributed by atoms with Gasteiger partial charge in [-0.1, -0.05) is 15.9 Å². The molecule has 0 radical (unpaired) electrons. The SMILES string of the molecule is C/C(O)=C(\C#N)C(=O)Nc1c(C#N)oc2ccc(Br)cc12. The van der Waals surface area contributed by atoms with Crippen LogP contribution in [0.2, 0.25) is 0 Å². The molecule has 0 spiro atoms. The van der Waals surface area contributed by atoms with Gasteiger partial charge in [0, 0.05) is 9.86 Å². The lowest BCUT2D eigenvalue weighted by atomic mass is 10.2. The van der Waals surface area contributed by atoms with Crippen molar-refractivity contribution in [1.82, 2.24) is 0 Å². The molecule has 0 aliphatic rings. The Hall–Kier alpha value is -2.77. The first-order chi connectivity index (χ1) is 9.97. The number of allylic oxidation sites excluding steroid dienone is 1. The molecule has 1 aromatic carbocycles. The second-order valence-corrected chi connectivity index (χ2v) is 5.00. The minimum atomic E-state index is -0.809. The van der Waals surface area contributed by atoms with Crippen LogP contribution in [0.3, 0.4) is 0 Å². The third-order valence-corrected chi connectivity index (χ3v) is 3.18. The van der Waals surface area contributed by atoms with Gasteiger partial charge in [0.1, 0.15) is 29.2 Å². The standard InChI is InChI=1S/C14H8BrN3O3/c1-7(19)10(5-16)14(20)18-13-9-4-8(15)2-3-11(9)21-12(13)6-17/h2-4,19H,1H3,(H,18,20)/b10-7-. The van der Waals surface area contributed by atoms with Gasteiger partial charge < -0.3 is 14.8 Å². The fraction of sp³-hybridized carbons (Fsp3) is 0.0714. The summed E-state index contributed by atoms with van der Waals surface area (Å²) in [5.41, 5.74) is 0.157. The van der Waals surface area contributed by atoms with Gasteiger partial charge in [0.05, 0.1) is 0 Å². The molecule has 2 N–H and O–H groups in total. The van der Waals surface area contributed by atoms with Crippen LogP contribution in [0.15, 0.2) is 38.4 Å². The number of nitrogens with one attached hydrogen (secondary N) is 1. The average Bonchev–Trinajstić information content (AvgIpc) is 2.76. The van der Waals surface area contributed by atoms with Gasteiger partial charge in [-0.25, -0.2) is 0 Å². The van der Waals surface area contributed by atoms with Crippen LogP contribution < -0.4 is 5.32 Å². The number of nitriles is 2. The predicted molar refractivity (Wildman–Crippen MR) is 78.2 cm³/mol. The van der Waals surface area contributed by atoms with E-state index >= 15 is 0 Å². The maximum atomic E-state index is 12.0. The van der Waals surface area contributed by atoms with Gasteiger partial charge in [-0.05, 0) is 25.1 Å². The van der Waals surface area contributed by atoms with Gasteiger partial charge in [0.25, 0.3) is 5.91 Å². The van der Waals surface area contributed by atoms with Crippen LogP contribution >= 0.6 is 15.9 Å². The van der Waals surface area contributed by atoms with E-state index in [4.69, 9.17) is 14.9 Å². The number of nitrogens with zero attached hydrogens (tertiary/aromatic N) is 2. The lowest BCUT2D eigenvalue weighted by Crippen LogP contribution is -2.15. The lowest BCUT2D eigenvalue weighted by molar-refractivity contribution is -0.112. The Balaban J connectivity index is 2.55. The highest BCUT2D eigenvalue weighted by atomic mass is 79.9. The van der Waals surface area contributed by atoms with Gasteiger partial charge >= 0.3 is 0 Å². The summed E-state index contributed by atoms with van der Waals surface area (Å²) in [6.45, 7) is 1.23. The Labute approximate surface area is 128 Å². The molecule has 2 rings (SSSR count). The number of rotatable bonds is 2. The molecule has 1 heterocycles. The maximum Gasteiger partial charge on any atom is 0.269 e. The molecule has 2 aromatic rings. The molecular formula is C14H8BrN3O3. The van der Waals surface area contributed by atoms with Crippen molar-refractivity contribution in [3.63, 3.8) is 0 Å². The largest absolute Gasteiger partial charge is 0.511 e. The van der Waals surface area contributed by atoms with Crippen molar-refractivity contribution in [3.8, 4) is 12.1 Å². The van der Waals surface area contributed by atoms with Crippen LogP contribution in [0.4, 0.5) is 5.69 Å². The summed E-state index contributed by atoms with van der Waals surface area (Å²) in [5, 5.41) is 30.2. The molecule has 0 bridgehead atoms. The van der Waals surface area contributed by atoms with Crippen molar-refractivity contribution in [2.24, 2.45) is 0 Å². The smallest absolute Gasteiger partial charge is 0.269 e. The molecule has 0 atom stereocenters. The monoisotopic (exact) mass is 345 g/mol. The molecule has 104 valence electrons. The Morgan fingerprint density at radius 1 is 1.43 bits per heavy atom. The van der Waals surface area contributed by atoms with E-state index in [-0.39, 0.29) is 11.4 Å². The number of hydrogen-bond acceptors (Lipinski definition) is 5. The first kappa shape index (κ1) is 14.6. The third kappa shape index (κ3) is 2.73. The molecule has 0 unspecified atom stereocenters. The molecule has 0 saturated carbocycles. The van der Waals surface area contributed by atoms with Crippen molar-refractivity contribution in [3.05, 3.63) is 39.8 Å². The molecule has 0 fully saturated rings. The van der Waals surface area contributed by atoms with E-state index in [2.05, 4.69) is 21.2 Å². The van der Waals surface area contributed by atoms with E-state index in [1.165, 1.54) is 6.92 Å². The number of furan rings is 1. The van der Waals surface area contributed by atoms with Crippen molar-refractivity contribution >= 4 is 38.5 Å². The van der Waals surface area contributed by atoms with Gasteiger partial charge in [-0.15, -0.1) is 0 Å². The van der Waals surface area contributed by atoms with E-state index in [1.807, 2.05) is 6.07 Å². The normalized spacial score (nSPS) is 11.4. The summed E-state index contributed by atoms with van der Waals surface area (Å²) in [4.78, 5) is 12.0. The zero-order valence-electron chi connectivity index (χ0n) is 10.8. The Bertz CT molecular complexity index is 849. The summed E-state index contributed by atoms with van der Waals surface area (Å²) < 4.78 is 6.06. The summed E-state index contributed by atoms with van der Waals surface area (Å²) >= 11 is 3.29. The maximum absolute atomic E-state index is 12.0. The first-order valence-corrected chi connectivity index (χ1v) is 6.50. The van der Waals surface area contributed by atoms with E-state index in [0.29, 0.717) is 11.0 Å². The van der Waals surface area contributed by atoms with Crippen LogP contribution in [0, 0.1) is 22.7 Å². The highest BCUT2D eigenvalue weighted by Crippen LogP contribution is 2.32. The number of fused-ring (bicyclic) bond motifs is 1. The number of aliphatic hydroxyl groups excluding tert-OH is 1. The summed E-state index contributed by atoms with van der Waals surface area (Å²) in [7, 11) is 0. The van der Waals surface area contributed by atoms with Gasteiger partial charge in [0.15, 0.2) is 5.57 Å². The molecule has 0 aliphatic heterocycles. The quantitative estimate of drug-likeness (QED) is 0.492. The fourth-order valence-corrected chi connectivity index (χ4v) is 2.11. The second-order valence-electron chi connectivity index (χ2n) is 4.08. The van der Waals surface area contributed by atoms with Crippen molar-refractivity contribution < 1.29 is 14.3 Å². The summed E-state index contributed by atoms with van der Waals surface area (Å²) in [6, 6.07) is 8.50. The van der Waals surface area contributed by atoms with Gasteiger partial charge in [-0.3, -0.25) is 4.79 Å².